The van der Waals surface area contributed by atoms with Gasteiger partial charge in [0.1, 0.15) is 5.75 Å². The van der Waals surface area contributed by atoms with Gasteiger partial charge >= 0.3 is 0 Å². The highest BCUT2D eigenvalue weighted by atomic mass is 16.5. The molecule has 1 aromatic rings. The van der Waals surface area contributed by atoms with Crippen LogP contribution < -0.4 is 15.8 Å². The molecule has 0 heterocycles. The Kier molecular flexibility index (Phi) is 4.52. The lowest BCUT2D eigenvalue weighted by Crippen LogP contribution is -2.34. The van der Waals surface area contributed by atoms with Gasteiger partial charge in [0.05, 0.1) is 0 Å². The van der Waals surface area contributed by atoms with Crippen LogP contribution in [0.5, 0.6) is 5.75 Å². The minimum atomic E-state index is -0.528. The molecular formula is C13H20N2O2. The Labute approximate surface area is 102 Å². The molecule has 0 aliphatic heterocycles. The molecule has 0 bridgehead atoms. The Morgan fingerprint density at radius 3 is 2.59 bits per heavy atom. The molecule has 0 aromatic heterocycles. The molecule has 1 amide bonds. The fourth-order valence-corrected chi connectivity index (χ4v) is 1.57. The average Bonchev–Trinajstić information content (AvgIpc) is 2.27. The van der Waals surface area contributed by atoms with Crippen molar-refractivity contribution in [1.29, 1.82) is 0 Å². The van der Waals surface area contributed by atoms with Crippen molar-refractivity contribution in [3.8, 4) is 5.75 Å². The smallest absolute Gasteiger partial charge is 0.260 e. The number of nitrogens with one attached hydrogen (secondary N) is 1. The lowest BCUT2D eigenvalue weighted by Gasteiger charge is -2.18. The topological polar surface area (TPSA) is 64.3 Å². The van der Waals surface area contributed by atoms with Gasteiger partial charge in [0, 0.05) is 18.7 Å². The highest BCUT2D eigenvalue weighted by molar-refractivity contribution is 5.80. The zero-order valence-electron chi connectivity index (χ0n) is 10.8. The lowest BCUT2D eigenvalue weighted by molar-refractivity contribution is -0.126. The molecule has 3 N–H and O–H groups in total. The molecule has 0 radical (unpaired) electrons. The number of carbonyl (C=O) groups is 1. The number of hydrogen-bond acceptors (Lipinski definition) is 3. The van der Waals surface area contributed by atoms with E-state index in [-0.39, 0.29) is 11.9 Å². The van der Waals surface area contributed by atoms with E-state index in [1.807, 2.05) is 32.0 Å². The maximum atomic E-state index is 11.4. The highest BCUT2D eigenvalue weighted by Gasteiger charge is 2.16. The maximum absolute atomic E-state index is 11.4. The summed E-state index contributed by atoms with van der Waals surface area (Å²) < 4.78 is 5.65. The summed E-state index contributed by atoms with van der Waals surface area (Å²) in [5, 5.41) is 2.55. The summed E-state index contributed by atoms with van der Waals surface area (Å²) in [6.45, 7) is 5.58. The van der Waals surface area contributed by atoms with E-state index in [1.165, 1.54) is 0 Å². The molecule has 94 valence electrons. The van der Waals surface area contributed by atoms with Crippen LogP contribution >= 0.6 is 0 Å². The van der Waals surface area contributed by atoms with Gasteiger partial charge in [-0.15, -0.1) is 0 Å². The molecule has 1 rings (SSSR count). The van der Waals surface area contributed by atoms with Crippen molar-refractivity contribution in [3.05, 3.63) is 29.3 Å². The summed E-state index contributed by atoms with van der Waals surface area (Å²) in [6, 6.07) is 5.70. The molecule has 4 nitrogen and oxygen atoms in total. The Morgan fingerprint density at radius 2 is 2.06 bits per heavy atom. The first-order valence-corrected chi connectivity index (χ1v) is 5.70. The first-order valence-electron chi connectivity index (χ1n) is 5.70. The van der Waals surface area contributed by atoms with E-state index in [2.05, 4.69) is 5.32 Å². The molecule has 17 heavy (non-hydrogen) atoms. The van der Waals surface area contributed by atoms with E-state index < -0.39 is 6.10 Å². The Bertz CT molecular complexity index is 402. The van der Waals surface area contributed by atoms with Crippen LogP contribution in [0.15, 0.2) is 18.2 Å². The first-order chi connectivity index (χ1) is 7.95. The second-order valence-corrected chi connectivity index (χ2v) is 4.20. The predicted octanol–water partition coefficient (Wildman–Crippen LogP) is 1.53. The molecule has 0 spiro atoms. The van der Waals surface area contributed by atoms with Gasteiger partial charge in [0.2, 0.25) is 0 Å². The monoisotopic (exact) mass is 236 g/mol. The van der Waals surface area contributed by atoms with Crippen molar-refractivity contribution in [2.24, 2.45) is 5.73 Å². The number of likely N-dealkylation sites (N-methyl/N-ethyl adjacent to an activating group) is 1. The zero-order valence-corrected chi connectivity index (χ0v) is 10.8. The summed E-state index contributed by atoms with van der Waals surface area (Å²) in [4.78, 5) is 11.4. The van der Waals surface area contributed by atoms with Crippen LogP contribution in [-0.2, 0) is 4.79 Å². The molecule has 4 heteroatoms. The number of ether oxygens (including phenoxy) is 1. The summed E-state index contributed by atoms with van der Waals surface area (Å²) in [5.41, 5.74) is 7.85. The minimum Gasteiger partial charge on any atom is -0.481 e. The molecule has 2 atom stereocenters. The normalized spacial score (nSPS) is 13.9. The van der Waals surface area contributed by atoms with Gasteiger partial charge in [-0.3, -0.25) is 4.79 Å². The van der Waals surface area contributed by atoms with Crippen molar-refractivity contribution >= 4 is 5.91 Å². The third-order valence-corrected chi connectivity index (χ3v) is 2.58. The Morgan fingerprint density at radius 1 is 1.41 bits per heavy atom. The van der Waals surface area contributed by atoms with Crippen molar-refractivity contribution in [1.82, 2.24) is 5.32 Å². The number of hydrogen-bond donors (Lipinski definition) is 2. The number of rotatable bonds is 4. The number of amides is 1. The van der Waals surface area contributed by atoms with Gasteiger partial charge in [-0.05, 0) is 32.4 Å². The standard InChI is InChI=1S/C13H20N2O2/c1-8-5-6-11(9(2)14)12(7-8)17-10(3)13(16)15-4/h5-7,9-10H,14H2,1-4H3,(H,15,16)/t9-,10?/m1/s1. The third-order valence-electron chi connectivity index (χ3n) is 2.58. The van der Waals surface area contributed by atoms with Gasteiger partial charge in [-0.2, -0.15) is 0 Å². The molecule has 1 unspecified atom stereocenters. The zero-order chi connectivity index (χ0) is 13.0. The predicted molar refractivity (Wildman–Crippen MR) is 67.9 cm³/mol. The molecule has 1 aromatic carbocycles. The minimum absolute atomic E-state index is 0.123. The quantitative estimate of drug-likeness (QED) is 0.833. The fourth-order valence-electron chi connectivity index (χ4n) is 1.57. The van der Waals surface area contributed by atoms with Crippen LogP contribution in [-0.4, -0.2) is 19.1 Å². The number of carbonyl (C=O) groups excluding carboxylic acids is 1. The summed E-state index contributed by atoms with van der Waals surface area (Å²) in [7, 11) is 1.59. The molecular weight excluding hydrogens is 216 g/mol. The molecule has 0 aliphatic rings. The maximum Gasteiger partial charge on any atom is 0.260 e. The SMILES string of the molecule is CNC(=O)C(C)Oc1cc(C)ccc1[C@@H](C)N. The fraction of sp³-hybridized carbons (Fsp3) is 0.462. The van der Waals surface area contributed by atoms with Crippen molar-refractivity contribution < 1.29 is 9.53 Å². The van der Waals surface area contributed by atoms with Crippen molar-refractivity contribution in [3.63, 3.8) is 0 Å². The van der Waals surface area contributed by atoms with E-state index in [0.717, 1.165) is 11.1 Å². The average molecular weight is 236 g/mol. The van der Waals surface area contributed by atoms with Crippen LogP contribution in [0.4, 0.5) is 0 Å². The lowest BCUT2D eigenvalue weighted by atomic mass is 10.1. The van der Waals surface area contributed by atoms with E-state index in [4.69, 9.17) is 10.5 Å². The van der Waals surface area contributed by atoms with Gasteiger partial charge in [0.25, 0.3) is 5.91 Å². The van der Waals surface area contributed by atoms with Crippen molar-refractivity contribution in [2.75, 3.05) is 7.05 Å². The highest BCUT2D eigenvalue weighted by Crippen LogP contribution is 2.26. The van der Waals surface area contributed by atoms with E-state index in [9.17, 15) is 4.79 Å². The molecule has 0 saturated heterocycles. The Hall–Kier alpha value is -1.55. The van der Waals surface area contributed by atoms with Crippen molar-refractivity contribution in [2.45, 2.75) is 32.9 Å². The van der Waals surface area contributed by atoms with Gasteiger partial charge in [-0.1, -0.05) is 12.1 Å². The summed E-state index contributed by atoms with van der Waals surface area (Å²) >= 11 is 0. The van der Waals surface area contributed by atoms with Crippen LogP contribution in [0.3, 0.4) is 0 Å². The number of benzene rings is 1. The van der Waals surface area contributed by atoms with Crippen LogP contribution in [0.25, 0.3) is 0 Å². The van der Waals surface area contributed by atoms with Gasteiger partial charge in [-0.25, -0.2) is 0 Å². The second-order valence-electron chi connectivity index (χ2n) is 4.20. The van der Waals surface area contributed by atoms with E-state index in [0.29, 0.717) is 5.75 Å². The summed E-state index contributed by atoms with van der Waals surface area (Å²) in [6.07, 6.45) is -0.528. The van der Waals surface area contributed by atoms with Gasteiger partial charge in [0.15, 0.2) is 6.10 Å². The van der Waals surface area contributed by atoms with Crippen LogP contribution in [0.2, 0.25) is 0 Å². The van der Waals surface area contributed by atoms with Gasteiger partial charge < -0.3 is 15.8 Å². The second kappa shape index (κ2) is 5.68. The van der Waals surface area contributed by atoms with Crippen LogP contribution in [0, 0.1) is 6.92 Å². The number of aryl methyl sites for hydroxylation is 1. The van der Waals surface area contributed by atoms with Crippen LogP contribution in [0.1, 0.15) is 31.0 Å². The molecule has 0 fully saturated rings. The van der Waals surface area contributed by atoms with E-state index in [1.54, 1.807) is 14.0 Å². The third kappa shape index (κ3) is 3.46. The molecule has 0 saturated carbocycles. The number of nitrogens with two attached hydrogens (primary N) is 1. The molecule has 0 aliphatic carbocycles. The summed E-state index contributed by atoms with van der Waals surface area (Å²) in [5.74, 6) is 0.526. The van der Waals surface area contributed by atoms with E-state index >= 15 is 0 Å². The largest absolute Gasteiger partial charge is 0.481 e. The Balaban J connectivity index is 2.96. The first kappa shape index (κ1) is 13.5.